The summed E-state index contributed by atoms with van der Waals surface area (Å²) in [7, 11) is 1.81. The van der Waals surface area contributed by atoms with E-state index in [1.54, 1.807) is 7.11 Å². The Morgan fingerprint density at radius 2 is 1.60 bits per heavy atom. The Morgan fingerprint density at radius 3 is 1.95 bits per heavy atom. The van der Waals surface area contributed by atoms with E-state index in [-0.39, 0.29) is 0 Å². The molecule has 20 heavy (non-hydrogen) atoms. The summed E-state index contributed by atoms with van der Waals surface area (Å²) in [4.78, 5) is 2.68. The Labute approximate surface area is 135 Å². The average molecular weight is 350 g/mol. The first-order chi connectivity index (χ1) is 9.62. The topological polar surface area (TPSA) is 12.5 Å². The molecule has 122 valence electrons. The fourth-order valence-corrected chi connectivity index (χ4v) is 4.09. The van der Waals surface area contributed by atoms with Crippen molar-refractivity contribution in [3.05, 3.63) is 0 Å². The van der Waals surface area contributed by atoms with Gasteiger partial charge in [-0.25, -0.2) is 0 Å². The van der Waals surface area contributed by atoms with Gasteiger partial charge in [0.2, 0.25) is 0 Å². The summed E-state index contributed by atoms with van der Waals surface area (Å²) < 4.78 is 5.33. The Balaban J connectivity index is 4.92. The molecule has 0 atom stereocenters. The standard InChI is InChI=1S/C17H36BrNO/c1-6-10-17(14-18,11-7-2)15-19(12-13-20-5)16(8-3)9-4/h16H,6-15H2,1-5H3. The fraction of sp³-hybridized carbons (Fsp3) is 1.00. The van der Waals surface area contributed by atoms with Crippen LogP contribution >= 0.6 is 15.9 Å². The summed E-state index contributed by atoms with van der Waals surface area (Å²) >= 11 is 3.81. The molecule has 0 bridgehead atoms. The van der Waals surface area contributed by atoms with Crippen molar-refractivity contribution in [1.82, 2.24) is 4.90 Å². The normalized spacial score (nSPS) is 12.6. The predicted molar refractivity (Wildman–Crippen MR) is 93.9 cm³/mol. The van der Waals surface area contributed by atoms with Crippen molar-refractivity contribution in [3.8, 4) is 0 Å². The highest BCUT2D eigenvalue weighted by Gasteiger charge is 2.31. The maximum Gasteiger partial charge on any atom is 0.0589 e. The van der Waals surface area contributed by atoms with Gasteiger partial charge in [0.1, 0.15) is 0 Å². The minimum Gasteiger partial charge on any atom is -0.383 e. The van der Waals surface area contributed by atoms with Gasteiger partial charge in [-0.05, 0) is 31.1 Å². The number of halogens is 1. The molecule has 0 aliphatic heterocycles. The van der Waals surface area contributed by atoms with Crippen LogP contribution < -0.4 is 0 Å². The molecular formula is C17H36BrNO. The molecule has 0 N–H and O–H groups in total. The molecule has 0 amide bonds. The number of hydrogen-bond donors (Lipinski definition) is 0. The van der Waals surface area contributed by atoms with E-state index >= 15 is 0 Å². The van der Waals surface area contributed by atoms with E-state index in [4.69, 9.17) is 4.74 Å². The van der Waals surface area contributed by atoms with Crippen LogP contribution in [0, 0.1) is 5.41 Å². The summed E-state index contributed by atoms with van der Waals surface area (Å²) in [5.74, 6) is 0. The zero-order valence-electron chi connectivity index (χ0n) is 14.4. The van der Waals surface area contributed by atoms with Crippen LogP contribution in [0.3, 0.4) is 0 Å². The van der Waals surface area contributed by atoms with Crippen molar-refractivity contribution in [1.29, 1.82) is 0 Å². The highest BCUT2D eigenvalue weighted by molar-refractivity contribution is 9.09. The first-order valence-corrected chi connectivity index (χ1v) is 9.54. The van der Waals surface area contributed by atoms with Crippen LogP contribution in [0.5, 0.6) is 0 Å². The summed E-state index contributed by atoms with van der Waals surface area (Å²) in [5, 5.41) is 1.12. The number of hydrogen-bond acceptors (Lipinski definition) is 2. The Morgan fingerprint density at radius 1 is 1.05 bits per heavy atom. The average Bonchev–Trinajstić information content (AvgIpc) is 2.46. The number of alkyl halides is 1. The van der Waals surface area contributed by atoms with Gasteiger partial charge in [0.15, 0.2) is 0 Å². The first-order valence-electron chi connectivity index (χ1n) is 8.41. The molecule has 0 fully saturated rings. The van der Waals surface area contributed by atoms with Crippen LogP contribution in [0.1, 0.15) is 66.2 Å². The van der Waals surface area contributed by atoms with E-state index in [9.17, 15) is 0 Å². The Kier molecular flexibility index (Phi) is 12.2. The zero-order valence-corrected chi connectivity index (χ0v) is 16.0. The molecule has 2 nitrogen and oxygen atoms in total. The molecule has 0 aromatic rings. The summed E-state index contributed by atoms with van der Waals surface area (Å²) in [5.41, 5.74) is 0.430. The number of methoxy groups -OCH3 is 1. The van der Waals surface area contributed by atoms with E-state index in [1.165, 1.54) is 45.1 Å². The lowest BCUT2D eigenvalue weighted by Gasteiger charge is -2.40. The van der Waals surface area contributed by atoms with Gasteiger partial charge in [-0.2, -0.15) is 0 Å². The van der Waals surface area contributed by atoms with Crippen LogP contribution in [0.15, 0.2) is 0 Å². The second-order valence-corrected chi connectivity index (χ2v) is 6.63. The second-order valence-electron chi connectivity index (χ2n) is 6.07. The molecule has 0 heterocycles. The van der Waals surface area contributed by atoms with E-state index in [1.807, 2.05) is 0 Å². The van der Waals surface area contributed by atoms with Crippen LogP contribution in [0.25, 0.3) is 0 Å². The molecule has 0 aliphatic carbocycles. The van der Waals surface area contributed by atoms with Crippen molar-refractivity contribution in [2.24, 2.45) is 5.41 Å². The zero-order chi connectivity index (χ0) is 15.4. The quantitative estimate of drug-likeness (QED) is 0.428. The fourth-order valence-electron chi connectivity index (χ4n) is 3.35. The molecule has 0 aliphatic rings. The lowest BCUT2D eigenvalue weighted by molar-refractivity contribution is 0.0704. The molecule has 0 aromatic carbocycles. The molecule has 3 heteroatoms. The van der Waals surface area contributed by atoms with E-state index in [0.29, 0.717) is 11.5 Å². The predicted octanol–water partition coefficient (Wildman–Crippen LogP) is 5.10. The van der Waals surface area contributed by atoms with Crippen molar-refractivity contribution < 1.29 is 4.74 Å². The molecule has 0 aromatic heterocycles. The third kappa shape index (κ3) is 6.91. The van der Waals surface area contributed by atoms with Crippen LogP contribution in [0.4, 0.5) is 0 Å². The monoisotopic (exact) mass is 349 g/mol. The minimum absolute atomic E-state index is 0.430. The molecular weight excluding hydrogens is 314 g/mol. The smallest absolute Gasteiger partial charge is 0.0589 e. The molecule has 0 spiro atoms. The lowest BCUT2D eigenvalue weighted by atomic mass is 9.80. The summed E-state index contributed by atoms with van der Waals surface area (Å²) in [6.45, 7) is 12.3. The van der Waals surface area contributed by atoms with Crippen LogP contribution in [-0.4, -0.2) is 43.1 Å². The molecule has 0 saturated heterocycles. The van der Waals surface area contributed by atoms with Crippen molar-refractivity contribution in [2.45, 2.75) is 72.3 Å². The minimum atomic E-state index is 0.430. The SMILES string of the molecule is CCCC(CBr)(CCC)CN(CCOC)C(CC)CC. The van der Waals surface area contributed by atoms with Gasteiger partial charge in [-0.3, -0.25) is 4.90 Å². The van der Waals surface area contributed by atoms with E-state index < -0.39 is 0 Å². The number of nitrogens with zero attached hydrogens (tertiary/aromatic N) is 1. The van der Waals surface area contributed by atoms with Gasteiger partial charge >= 0.3 is 0 Å². The third-order valence-corrected chi connectivity index (χ3v) is 5.61. The van der Waals surface area contributed by atoms with Gasteiger partial charge in [-0.15, -0.1) is 0 Å². The van der Waals surface area contributed by atoms with Crippen molar-refractivity contribution >= 4 is 15.9 Å². The number of ether oxygens (including phenoxy) is 1. The first kappa shape index (κ1) is 20.4. The summed E-state index contributed by atoms with van der Waals surface area (Å²) in [6, 6.07) is 0.692. The van der Waals surface area contributed by atoms with Gasteiger partial charge in [0.05, 0.1) is 6.61 Å². The lowest BCUT2D eigenvalue weighted by Crippen LogP contribution is -2.45. The van der Waals surface area contributed by atoms with Gasteiger partial charge < -0.3 is 4.74 Å². The van der Waals surface area contributed by atoms with Crippen molar-refractivity contribution in [3.63, 3.8) is 0 Å². The van der Waals surface area contributed by atoms with E-state index in [0.717, 1.165) is 18.5 Å². The van der Waals surface area contributed by atoms with Gasteiger partial charge in [0, 0.05) is 31.6 Å². The van der Waals surface area contributed by atoms with Gasteiger partial charge in [-0.1, -0.05) is 56.5 Å². The van der Waals surface area contributed by atoms with Crippen LogP contribution in [-0.2, 0) is 4.74 Å². The third-order valence-electron chi connectivity index (χ3n) is 4.42. The largest absolute Gasteiger partial charge is 0.383 e. The molecule has 0 radical (unpaired) electrons. The second kappa shape index (κ2) is 12.0. The Bertz CT molecular complexity index is 213. The Hall–Kier alpha value is 0.400. The maximum atomic E-state index is 5.33. The van der Waals surface area contributed by atoms with E-state index in [2.05, 4.69) is 48.5 Å². The molecule has 0 saturated carbocycles. The summed E-state index contributed by atoms with van der Waals surface area (Å²) in [6.07, 6.45) is 7.64. The van der Waals surface area contributed by atoms with Crippen LogP contribution in [0.2, 0.25) is 0 Å². The van der Waals surface area contributed by atoms with Gasteiger partial charge in [0.25, 0.3) is 0 Å². The maximum absolute atomic E-state index is 5.33. The highest BCUT2D eigenvalue weighted by Crippen LogP contribution is 2.34. The molecule has 0 rings (SSSR count). The van der Waals surface area contributed by atoms with Crippen molar-refractivity contribution in [2.75, 3.05) is 32.1 Å². The number of rotatable bonds is 13. The molecule has 0 unspecified atom stereocenters. The highest BCUT2D eigenvalue weighted by atomic mass is 79.9.